The maximum absolute atomic E-state index is 12.4. The molecule has 2 heterocycles. The number of nitrogens with zero attached hydrogens (tertiary/aromatic N) is 2. The number of para-hydroxylation sites is 2. The molecular formula is C17H22N4O2. The molecule has 23 heavy (non-hydrogen) atoms. The summed E-state index contributed by atoms with van der Waals surface area (Å²) in [5, 5.41) is 9.99. The second kappa shape index (κ2) is 6.83. The smallest absolute Gasteiger partial charge is 0.276 e. The van der Waals surface area contributed by atoms with Crippen molar-refractivity contribution in [1.29, 1.82) is 0 Å². The highest BCUT2D eigenvalue weighted by molar-refractivity contribution is 6.04. The number of benzene rings is 1. The summed E-state index contributed by atoms with van der Waals surface area (Å²) in [4.78, 5) is 14.7. The van der Waals surface area contributed by atoms with Crippen molar-refractivity contribution in [2.45, 2.75) is 19.8 Å². The van der Waals surface area contributed by atoms with Crippen molar-refractivity contribution in [1.82, 2.24) is 10.2 Å². The molecule has 1 aromatic carbocycles. The standard InChI is InChI=1S/C17H22N4O2/c1-12(2)14-11-15(20-19-14)17(22)18-13-5-3-4-6-16(13)21-7-9-23-10-8-21/h3-6,11-12H,7-10H2,1-2H3,(H,18,22)(H,19,20). The lowest BCUT2D eigenvalue weighted by atomic mass is 10.1. The van der Waals surface area contributed by atoms with E-state index in [0.29, 0.717) is 24.8 Å². The molecule has 0 saturated carbocycles. The molecule has 0 spiro atoms. The molecular weight excluding hydrogens is 292 g/mol. The minimum absolute atomic E-state index is 0.200. The number of aromatic nitrogens is 2. The average molecular weight is 314 g/mol. The maximum Gasteiger partial charge on any atom is 0.276 e. The van der Waals surface area contributed by atoms with E-state index in [-0.39, 0.29) is 5.91 Å². The van der Waals surface area contributed by atoms with Crippen molar-refractivity contribution < 1.29 is 9.53 Å². The Hall–Kier alpha value is -2.34. The van der Waals surface area contributed by atoms with Crippen LogP contribution in [0.5, 0.6) is 0 Å². The molecule has 0 aliphatic carbocycles. The van der Waals surface area contributed by atoms with Crippen molar-refractivity contribution in [3.05, 3.63) is 41.7 Å². The summed E-state index contributed by atoms with van der Waals surface area (Å²) >= 11 is 0. The molecule has 6 heteroatoms. The van der Waals surface area contributed by atoms with E-state index in [1.807, 2.05) is 24.3 Å². The third kappa shape index (κ3) is 3.53. The summed E-state index contributed by atoms with van der Waals surface area (Å²) in [6.45, 7) is 7.18. The van der Waals surface area contributed by atoms with Gasteiger partial charge in [0.15, 0.2) is 5.69 Å². The number of carbonyl (C=O) groups excluding carboxylic acids is 1. The third-order valence-corrected chi connectivity index (χ3v) is 3.96. The third-order valence-electron chi connectivity index (χ3n) is 3.96. The van der Waals surface area contributed by atoms with Crippen LogP contribution in [0.3, 0.4) is 0 Å². The van der Waals surface area contributed by atoms with Crippen LogP contribution in [0.25, 0.3) is 0 Å². The van der Waals surface area contributed by atoms with E-state index in [1.54, 1.807) is 6.07 Å². The number of hydrogen-bond acceptors (Lipinski definition) is 4. The predicted octanol–water partition coefficient (Wildman–Crippen LogP) is 2.62. The van der Waals surface area contributed by atoms with E-state index < -0.39 is 0 Å². The van der Waals surface area contributed by atoms with E-state index in [0.717, 1.165) is 30.2 Å². The Kier molecular flexibility index (Phi) is 4.62. The van der Waals surface area contributed by atoms with E-state index in [4.69, 9.17) is 4.74 Å². The zero-order valence-corrected chi connectivity index (χ0v) is 13.5. The van der Waals surface area contributed by atoms with Gasteiger partial charge >= 0.3 is 0 Å². The first-order valence-corrected chi connectivity index (χ1v) is 7.93. The quantitative estimate of drug-likeness (QED) is 0.910. The van der Waals surface area contributed by atoms with Crippen LogP contribution in [-0.2, 0) is 4.74 Å². The molecule has 1 fully saturated rings. The zero-order valence-electron chi connectivity index (χ0n) is 13.5. The Balaban J connectivity index is 1.77. The topological polar surface area (TPSA) is 70.2 Å². The van der Waals surface area contributed by atoms with E-state index in [9.17, 15) is 4.79 Å². The Labute approximate surface area is 135 Å². The number of anilines is 2. The fraction of sp³-hybridized carbons (Fsp3) is 0.412. The minimum atomic E-state index is -0.200. The Morgan fingerprint density at radius 3 is 2.74 bits per heavy atom. The number of aromatic amines is 1. The fourth-order valence-corrected chi connectivity index (χ4v) is 2.59. The summed E-state index contributed by atoms with van der Waals surface area (Å²) < 4.78 is 5.39. The molecule has 1 saturated heterocycles. The lowest BCUT2D eigenvalue weighted by Gasteiger charge is -2.30. The monoisotopic (exact) mass is 314 g/mol. The Bertz CT molecular complexity index is 675. The molecule has 1 aliphatic heterocycles. The normalized spacial score (nSPS) is 15.0. The number of nitrogens with one attached hydrogen (secondary N) is 2. The molecule has 2 N–H and O–H groups in total. The molecule has 0 unspecified atom stereocenters. The number of rotatable bonds is 4. The number of ether oxygens (including phenoxy) is 1. The molecule has 3 rings (SSSR count). The van der Waals surface area contributed by atoms with Gasteiger partial charge in [0.2, 0.25) is 0 Å². The number of morpholine rings is 1. The van der Waals surface area contributed by atoms with Crippen molar-refractivity contribution in [3.8, 4) is 0 Å². The van der Waals surface area contributed by atoms with Crippen LogP contribution in [0.15, 0.2) is 30.3 Å². The van der Waals surface area contributed by atoms with Crippen molar-refractivity contribution in [2.75, 3.05) is 36.5 Å². The van der Waals surface area contributed by atoms with Crippen LogP contribution in [0, 0.1) is 0 Å². The second-order valence-corrected chi connectivity index (χ2v) is 5.93. The van der Waals surface area contributed by atoms with Crippen molar-refractivity contribution in [2.24, 2.45) is 0 Å². The van der Waals surface area contributed by atoms with Gasteiger partial charge in [0.1, 0.15) is 0 Å². The summed E-state index contributed by atoms with van der Waals surface area (Å²) in [5.74, 6) is 0.110. The van der Waals surface area contributed by atoms with Gasteiger partial charge in [-0.05, 0) is 24.1 Å². The van der Waals surface area contributed by atoms with Crippen LogP contribution in [0.2, 0.25) is 0 Å². The average Bonchev–Trinajstić information content (AvgIpc) is 3.07. The predicted molar refractivity (Wildman–Crippen MR) is 90.1 cm³/mol. The van der Waals surface area contributed by atoms with Gasteiger partial charge in [0.25, 0.3) is 5.91 Å². The first-order valence-electron chi connectivity index (χ1n) is 7.93. The largest absolute Gasteiger partial charge is 0.378 e. The van der Waals surface area contributed by atoms with Crippen LogP contribution < -0.4 is 10.2 Å². The van der Waals surface area contributed by atoms with Crippen LogP contribution in [0.1, 0.15) is 35.9 Å². The molecule has 2 aromatic rings. The Morgan fingerprint density at radius 2 is 2.04 bits per heavy atom. The van der Waals surface area contributed by atoms with Gasteiger partial charge in [-0.25, -0.2) is 0 Å². The number of hydrogen-bond donors (Lipinski definition) is 2. The summed E-state index contributed by atoms with van der Waals surface area (Å²) in [7, 11) is 0. The highest BCUT2D eigenvalue weighted by Crippen LogP contribution is 2.26. The molecule has 0 atom stereocenters. The van der Waals surface area contributed by atoms with Gasteiger partial charge < -0.3 is 15.0 Å². The molecule has 1 amide bonds. The second-order valence-electron chi connectivity index (χ2n) is 5.93. The van der Waals surface area contributed by atoms with E-state index in [1.165, 1.54) is 0 Å². The van der Waals surface area contributed by atoms with Gasteiger partial charge in [-0.2, -0.15) is 5.10 Å². The fourth-order valence-electron chi connectivity index (χ4n) is 2.59. The highest BCUT2D eigenvalue weighted by Gasteiger charge is 2.17. The van der Waals surface area contributed by atoms with E-state index >= 15 is 0 Å². The number of H-pyrrole nitrogens is 1. The summed E-state index contributed by atoms with van der Waals surface area (Å²) in [5.41, 5.74) is 3.18. The van der Waals surface area contributed by atoms with Gasteiger partial charge in [-0.3, -0.25) is 9.89 Å². The van der Waals surface area contributed by atoms with Gasteiger partial charge in [-0.1, -0.05) is 26.0 Å². The highest BCUT2D eigenvalue weighted by atomic mass is 16.5. The van der Waals surface area contributed by atoms with Crippen LogP contribution in [-0.4, -0.2) is 42.4 Å². The van der Waals surface area contributed by atoms with Gasteiger partial charge in [-0.15, -0.1) is 0 Å². The molecule has 1 aliphatic rings. The maximum atomic E-state index is 12.4. The minimum Gasteiger partial charge on any atom is -0.378 e. The molecule has 6 nitrogen and oxygen atoms in total. The molecule has 0 bridgehead atoms. The lowest BCUT2D eigenvalue weighted by Crippen LogP contribution is -2.36. The number of carbonyl (C=O) groups is 1. The SMILES string of the molecule is CC(C)c1cc(C(=O)Nc2ccccc2N2CCOCC2)n[nH]1. The van der Waals surface area contributed by atoms with E-state index in [2.05, 4.69) is 34.3 Å². The van der Waals surface area contributed by atoms with Crippen LogP contribution >= 0.6 is 0 Å². The van der Waals surface area contributed by atoms with Crippen LogP contribution in [0.4, 0.5) is 11.4 Å². The molecule has 0 radical (unpaired) electrons. The first kappa shape index (κ1) is 15.6. The number of amides is 1. The summed E-state index contributed by atoms with van der Waals surface area (Å²) in [6.07, 6.45) is 0. The first-order chi connectivity index (χ1) is 11.1. The van der Waals surface area contributed by atoms with Gasteiger partial charge in [0.05, 0.1) is 24.6 Å². The Morgan fingerprint density at radius 1 is 1.30 bits per heavy atom. The molecule has 1 aromatic heterocycles. The summed E-state index contributed by atoms with van der Waals surface area (Å²) in [6, 6.07) is 9.64. The molecule has 122 valence electrons. The lowest BCUT2D eigenvalue weighted by molar-refractivity contribution is 0.102. The zero-order chi connectivity index (χ0) is 16.2. The van der Waals surface area contributed by atoms with Gasteiger partial charge in [0, 0.05) is 18.8 Å². The van der Waals surface area contributed by atoms with Crippen molar-refractivity contribution in [3.63, 3.8) is 0 Å². The van der Waals surface area contributed by atoms with Crippen molar-refractivity contribution >= 4 is 17.3 Å².